The number of hydrogen-bond acceptors (Lipinski definition) is 9. The number of ether oxygens (including phenoxy) is 8. The van der Waals surface area contributed by atoms with Crippen molar-refractivity contribution in [3.8, 4) is 46.0 Å². The minimum absolute atomic E-state index is 0.149. The standard InChI is InChI=1S/C55H52O9/c1-3-25-57-54-50(61-35-41-17-9-5-10-18-41)29-46(30-51(54)62-36-42-19-11-6-12-20-42)39-59-48-27-45(34-56)28-49(33-48)60-40-47-31-52(63-37-43-21-13-7-14-22-43)55(58-26-4-2)53(32-47)64-38-44-23-15-8-16-24-44/h3-24,27-33,56H,1-2,25-26,34-40H2. The lowest BCUT2D eigenvalue weighted by molar-refractivity contribution is 0.243. The van der Waals surface area contributed by atoms with Gasteiger partial charge >= 0.3 is 0 Å². The molecule has 7 aromatic carbocycles. The summed E-state index contributed by atoms with van der Waals surface area (Å²) in [6, 6.07) is 52.6. The molecule has 0 spiro atoms. The van der Waals surface area contributed by atoms with Gasteiger partial charge in [-0.3, -0.25) is 0 Å². The molecule has 9 heteroatoms. The second-order valence-electron chi connectivity index (χ2n) is 14.7. The van der Waals surface area contributed by atoms with Crippen molar-refractivity contribution in [2.24, 2.45) is 0 Å². The van der Waals surface area contributed by atoms with Crippen LogP contribution in [0.5, 0.6) is 46.0 Å². The van der Waals surface area contributed by atoms with Crippen molar-refractivity contribution in [3.63, 3.8) is 0 Å². The fourth-order valence-electron chi connectivity index (χ4n) is 6.59. The lowest BCUT2D eigenvalue weighted by Gasteiger charge is -2.19. The van der Waals surface area contributed by atoms with Crippen LogP contribution in [0.3, 0.4) is 0 Å². The second kappa shape index (κ2) is 23.6. The molecule has 0 saturated carbocycles. The Morgan fingerprint density at radius 3 is 0.906 bits per heavy atom. The molecule has 1 N–H and O–H groups in total. The van der Waals surface area contributed by atoms with Gasteiger partial charge in [0.15, 0.2) is 23.0 Å². The average molecular weight is 857 g/mol. The van der Waals surface area contributed by atoms with E-state index >= 15 is 0 Å². The van der Waals surface area contributed by atoms with Crippen LogP contribution in [0, 0.1) is 0 Å². The lowest BCUT2D eigenvalue weighted by Crippen LogP contribution is -2.06. The summed E-state index contributed by atoms with van der Waals surface area (Å²) in [5.74, 6) is 3.95. The van der Waals surface area contributed by atoms with Crippen LogP contribution in [0.25, 0.3) is 0 Å². The van der Waals surface area contributed by atoms with Crippen LogP contribution in [0.2, 0.25) is 0 Å². The van der Waals surface area contributed by atoms with Crippen LogP contribution in [0.4, 0.5) is 0 Å². The molecular formula is C55H52O9. The molecule has 0 bridgehead atoms. The van der Waals surface area contributed by atoms with E-state index in [0.29, 0.717) is 78.0 Å². The number of aliphatic hydroxyl groups is 1. The summed E-state index contributed by atoms with van der Waals surface area (Å²) < 4.78 is 50.6. The van der Waals surface area contributed by atoms with Crippen molar-refractivity contribution in [1.82, 2.24) is 0 Å². The van der Waals surface area contributed by atoms with Gasteiger partial charge in [0, 0.05) is 6.07 Å². The quantitative estimate of drug-likeness (QED) is 0.0564. The van der Waals surface area contributed by atoms with Gasteiger partial charge in [0.05, 0.1) is 6.61 Å². The fourth-order valence-corrected chi connectivity index (χ4v) is 6.59. The van der Waals surface area contributed by atoms with Gasteiger partial charge in [0.1, 0.15) is 64.4 Å². The average Bonchev–Trinajstić information content (AvgIpc) is 3.35. The number of benzene rings is 7. The molecule has 0 atom stereocenters. The minimum Gasteiger partial charge on any atom is -0.489 e. The molecule has 326 valence electrons. The predicted molar refractivity (Wildman–Crippen MR) is 248 cm³/mol. The summed E-state index contributed by atoms with van der Waals surface area (Å²) in [5.41, 5.74) is 6.18. The van der Waals surface area contributed by atoms with E-state index in [4.69, 9.17) is 37.9 Å². The van der Waals surface area contributed by atoms with Crippen LogP contribution >= 0.6 is 0 Å². The van der Waals surface area contributed by atoms with Crippen molar-refractivity contribution in [1.29, 1.82) is 0 Å². The van der Waals surface area contributed by atoms with E-state index in [2.05, 4.69) is 13.2 Å². The van der Waals surface area contributed by atoms with E-state index in [9.17, 15) is 5.11 Å². The highest BCUT2D eigenvalue weighted by Crippen LogP contribution is 2.42. The summed E-state index contributed by atoms with van der Waals surface area (Å²) >= 11 is 0. The van der Waals surface area contributed by atoms with Crippen LogP contribution in [0.15, 0.2) is 189 Å². The molecule has 7 rings (SSSR count). The number of hydrogen-bond donors (Lipinski definition) is 1. The molecule has 0 aliphatic heterocycles. The fraction of sp³-hybridized carbons (Fsp3) is 0.164. The van der Waals surface area contributed by atoms with E-state index in [0.717, 1.165) is 33.4 Å². The molecule has 0 saturated heterocycles. The van der Waals surface area contributed by atoms with Gasteiger partial charge in [0.25, 0.3) is 0 Å². The van der Waals surface area contributed by atoms with Crippen LogP contribution < -0.4 is 37.9 Å². The summed E-state index contributed by atoms with van der Waals surface area (Å²) in [7, 11) is 0. The first kappa shape index (κ1) is 44.4. The molecule has 9 nitrogen and oxygen atoms in total. The Kier molecular flexibility index (Phi) is 16.4. The van der Waals surface area contributed by atoms with E-state index in [1.54, 1.807) is 30.4 Å². The van der Waals surface area contributed by atoms with Gasteiger partial charge < -0.3 is 43.0 Å². The molecule has 0 heterocycles. The highest BCUT2D eigenvalue weighted by Gasteiger charge is 2.19. The Labute approximate surface area is 375 Å². The molecule has 7 aromatic rings. The van der Waals surface area contributed by atoms with Gasteiger partial charge in [-0.05, 0) is 75.3 Å². The lowest BCUT2D eigenvalue weighted by atomic mass is 10.1. The van der Waals surface area contributed by atoms with Crippen molar-refractivity contribution in [2.75, 3.05) is 13.2 Å². The largest absolute Gasteiger partial charge is 0.489 e. The Morgan fingerprint density at radius 1 is 0.328 bits per heavy atom. The third kappa shape index (κ3) is 13.2. The zero-order valence-corrected chi connectivity index (χ0v) is 35.7. The molecule has 64 heavy (non-hydrogen) atoms. The molecule has 0 fully saturated rings. The zero-order valence-electron chi connectivity index (χ0n) is 35.7. The molecule has 0 radical (unpaired) electrons. The SMILES string of the molecule is C=CCOc1c(OCc2ccccc2)cc(COc2cc(CO)cc(OCc3cc(OCc4ccccc4)c(OCC=C)c(OCc4ccccc4)c3)c2)cc1OCc1ccccc1. The van der Waals surface area contributed by atoms with E-state index < -0.39 is 0 Å². The summed E-state index contributed by atoms with van der Waals surface area (Å²) in [4.78, 5) is 0. The normalized spacial score (nSPS) is 10.6. The Hall–Kier alpha value is -7.62. The van der Waals surface area contributed by atoms with E-state index in [1.165, 1.54) is 0 Å². The van der Waals surface area contributed by atoms with Gasteiger partial charge in [0.2, 0.25) is 11.5 Å². The van der Waals surface area contributed by atoms with Crippen LogP contribution in [-0.2, 0) is 46.2 Å². The Balaban J connectivity index is 1.13. The monoisotopic (exact) mass is 856 g/mol. The van der Waals surface area contributed by atoms with Crippen LogP contribution in [0.1, 0.15) is 38.9 Å². The molecule has 0 unspecified atom stereocenters. The summed E-state index contributed by atoms with van der Waals surface area (Å²) in [6.45, 7) is 9.54. The second-order valence-corrected chi connectivity index (χ2v) is 14.7. The highest BCUT2D eigenvalue weighted by atomic mass is 16.6. The Morgan fingerprint density at radius 2 is 0.625 bits per heavy atom. The third-order valence-electron chi connectivity index (χ3n) is 9.73. The van der Waals surface area contributed by atoms with Gasteiger partial charge in [-0.15, -0.1) is 0 Å². The van der Waals surface area contributed by atoms with Crippen molar-refractivity contribution < 1.29 is 43.0 Å². The first-order valence-electron chi connectivity index (χ1n) is 21.1. The molecular weight excluding hydrogens is 805 g/mol. The third-order valence-corrected chi connectivity index (χ3v) is 9.73. The topological polar surface area (TPSA) is 94.1 Å². The first-order chi connectivity index (χ1) is 31.6. The molecule has 0 aliphatic carbocycles. The van der Waals surface area contributed by atoms with E-state index in [-0.39, 0.29) is 33.0 Å². The minimum atomic E-state index is -0.220. The first-order valence-corrected chi connectivity index (χ1v) is 21.1. The van der Waals surface area contributed by atoms with E-state index in [1.807, 2.05) is 146 Å². The Bertz CT molecular complexity index is 2230. The summed E-state index contributed by atoms with van der Waals surface area (Å²) in [5, 5.41) is 10.3. The molecule has 0 amide bonds. The van der Waals surface area contributed by atoms with Crippen molar-refractivity contribution in [2.45, 2.75) is 46.2 Å². The number of rotatable bonds is 25. The zero-order chi connectivity index (χ0) is 44.2. The molecule has 0 aliphatic rings. The maximum atomic E-state index is 10.3. The van der Waals surface area contributed by atoms with Crippen molar-refractivity contribution in [3.05, 3.63) is 228 Å². The smallest absolute Gasteiger partial charge is 0.203 e. The highest BCUT2D eigenvalue weighted by molar-refractivity contribution is 5.55. The maximum Gasteiger partial charge on any atom is 0.203 e. The van der Waals surface area contributed by atoms with Gasteiger partial charge in [-0.1, -0.05) is 147 Å². The predicted octanol–water partition coefficient (Wildman–Crippen LogP) is 11.8. The summed E-state index contributed by atoms with van der Waals surface area (Å²) in [6.07, 6.45) is 3.36. The molecule has 0 aromatic heterocycles. The van der Waals surface area contributed by atoms with Crippen LogP contribution in [-0.4, -0.2) is 18.3 Å². The van der Waals surface area contributed by atoms with Gasteiger partial charge in [-0.25, -0.2) is 0 Å². The number of aliphatic hydroxyl groups excluding tert-OH is 1. The van der Waals surface area contributed by atoms with Gasteiger partial charge in [-0.2, -0.15) is 0 Å². The maximum absolute atomic E-state index is 10.3. The van der Waals surface area contributed by atoms with Crippen molar-refractivity contribution >= 4 is 0 Å².